The van der Waals surface area contributed by atoms with E-state index < -0.39 is 0 Å². The lowest BCUT2D eigenvalue weighted by molar-refractivity contribution is -0.135. The third-order valence-electron chi connectivity index (χ3n) is 4.56. The van der Waals surface area contributed by atoms with E-state index in [0.717, 1.165) is 30.4 Å². The van der Waals surface area contributed by atoms with E-state index in [4.69, 9.17) is 14.2 Å². The first-order chi connectivity index (χ1) is 12.6. The van der Waals surface area contributed by atoms with Crippen LogP contribution in [-0.2, 0) is 4.79 Å². The molecule has 0 bridgehead atoms. The summed E-state index contributed by atoms with van der Waals surface area (Å²) in [6.45, 7) is 2.81. The van der Waals surface area contributed by atoms with Crippen molar-refractivity contribution in [1.29, 1.82) is 0 Å². The fourth-order valence-electron chi connectivity index (χ4n) is 3.19. The van der Waals surface area contributed by atoms with Gasteiger partial charge in [0.25, 0.3) is 0 Å². The predicted molar refractivity (Wildman–Crippen MR) is 98.2 cm³/mol. The highest BCUT2D eigenvalue weighted by atomic mass is 16.5. The van der Waals surface area contributed by atoms with Gasteiger partial charge in [0.2, 0.25) is 0 Å². The summed E-state index contributed by atoms with van der Waals surface area (Å²) < 4.78 is 16.6. The molecule has 26 heavy (non-hydrogen) atoms. The number of phenolic OH excluding ortho intramolecular Hbond substituents is 1. The van der Waals surface area contributed by atoms with Gasteiger partial charge in [-0.3, -0.25) is 4.79 Å². The Balaban J connectivity index is 1.86. The number of fused-ring (bicyclic) bond motifs is 1. The number of methoxy groups -OCH3 is 1. The highest BCUT2D eigenvalue weighted by Crippen LogP contribution is 2.42. The zero-order chi connectivity index (χ0) is 18.5. The van der Waals surface area contributed by atoms with Crippen LogP contribution < -0.4 is 14.2 Å². The first-order valence-electron chi connectivity index (χ1n) is 8.96. The SMILES string of the molecule is CCCCCOc1ccc(C2CC(=O)Oc3cc(O)ccc32)cc1OC. The fraction of sp³-hybridized carbons (Fsp3) is 0.381. The second kappa shape index (κ2) is 8.13. The number of aromatic hydroxyl groups is 1. The zero-order valence-electron chi connectivity index (χ0n) is 15.2. The summed E-state index contributed by atoms with van der Waals surface area (Å²) in [5, 5.41) is 9.64. The van der Waals surface area contributed by atoms with Gasteiger partial charge in [0.05, 0.1) is 20.1 Å². The van der Waals surface area contributed by atoms with Gasteiger partial charge in [-0.15, -0.1) is 0 Å². The Bertz CT molecular complexity index is 784. The molecule has 0 radical (unpaired) electrons. The van der Waals surface area contributed by atoms with E-state index in [-0.39, 0.29) is 24.1 Å². The molecule has 5 heteroatoms. The molecule has 0 spiro atoms. The number of rotatable bonds is 7. The third kappa shape index (κ3) is 3.93. The summed E-state index contributed by atoms with van der Waals surface area (Å²) in [6.07, 6.45) is 3.53. The molecule has 0 saturated heterocycles. The maximum atomic E-state index is 12.0. The summed E-state index contributed by atoms with van der Waals surface area (Å²) in [5.74, 6) is 1.38. The van der Waals surface area contributed by atoms with Crippen molar-refractivity contribution in [3.05, 3.63) is 47.5 Å². The largest absolute Gasteiger partial charge is 0.508 e. The number of hydrogen-bond acceptors (Lipinski definition) is 5. The predicted octanol–water partition coefficient (Wildman–Crippen LogP) is 4.41. The van der Waals surface area contributed by atoms with E-state index in [1.807, 2.05) is 18.2 Å². The van der Waals surface area contributed by atoms with Gasteiger partial charge >= 0.3 is 5.97 Å². The quantitative estimate of drug-likeness (QED) is 0.452. The molecule has 138 valence electrons. The van der Waals surface area contributed by atoms with Crippen molar-refractivity contribution in [3.63, 3.8) is 0 Å². The minimum Gasteiger partial charge on any atom is -0.508 e. The molecule has 0 aromatic heterocycles. The minimum absolute atomic E-state index is 0.0746. The summed E-state index contributed by atoms with van der Waals surface area (Å²) >= 11 is 0. The molecule has 2 aromatic carbocycles. The fourth-order valence-corrected chi connectivity index (χ4v) is 3.19. The number of phenols is 1. The Labute approximate surface area is 153 Å². The molecule has 1 unspecified atom stereocenters. The normalized spacial score (nSPS) is 15.9. The standard InChI is InChI=1S/C21H24O5/c1-3-4-5-10-25-18-9-6-14(11-20(18)24-2)17-13-21(23)26-19-12-15(22)7-8-16(17)19/h6-9,11-12,17,22H,3-5,10,13H2,1-2H3. The smallest absolute Gasteiger partial charge is 0.312 e. The lowest BCUT2D eigenvalue weighted by Gasteiger charge is -2.25. The number of carbonyl (C=O) groups is 1. The van der Waals surface area contributed by atoms with Crippen molar-refractivity contribution >= 4 is 5.97 Å². The number of esters is 1. The van der Waals surface area contributed by atoms with Crippen molar-refractivity contribution in [3.8, 4) is 23.0 Å². The maximum absolute atomic E-state index is 12.0. The number of hydrogen-bond donors (Lipinski definition) is 1. The molecule has 1 N–H and O–H groups in total. The molecule has 3 rings (SSSR count). The molecule has 2 aromatic rings. The highest BCUT2D eigenvalue weighted by molar-refractivity contribution is 5.78. The second-order valence-electron chi connectivity index (χ2n) is 6.42. The van der Waals surface area contributed by atoms with E-state index in [1.165, 1.54) is 6.07 Å². The molecule has 0 fully saturated rings. The Morgan fingerprint density at radius 2 is 2.00 bits per heavy atom. The molecule has 1 atom stereocenters. The summed E-state index contributed by atoms with van der Waals surface area (Å²) in [4.78, 5) is 12.0. The van der Waals surface area contributed by atoms with Crippen LogP contribution in [-0.4, -0.2) is 24.8 Å². The van der Waals surface area contributed by atoms with E-state index in [9.17, 15) is 9.90 Å². The average Bonchev–Trinajstić information content (AvgIpc) is 2.64. The van der Waals surface area contributed by atoms with Gasteiger partial charge in [0, 0.05) is 17.5 Å². The van der Waals surface area contributed by atoms with Crippen LogP contribution in [0, 0.1) is 0 Å². The van der Waals surface area contributed by atoms with Crippen molar-refractivity contribution in [2.75, 3.05) is 13.7 Å². The van der Waals surface area contributed by atoms with Gasteiger partial charge in [-0.2, -0.15) is 0 Å². The van der Waals surface area contributed by atoms with Crippen LogP contribution in [0.5, 0.6) is 23.0 Å². The lowest BCUT2D eigenvalue weighted by atomic mass is 9.86. The number of ether oxygens (including phenoxy) is 3. The molecule has 1 aliphatic heterocycles. The van der Waals surface area contributed by atoms with Crippen LogP contribution >= 0.6 is 0 Å². The molecule has 0 aliphatic carbocycles. The molecule has 1 heterocycles. The van der Waals surface area contributed by atoms with Gasteiger partial charge in [-0.1, -0.05) is 31.9 Å². The van der Waals surface area contributed by atoms with Crippen LogP contribution in [0.25, 0.3) is 0 Å². The Morgan fingerprint density at radius 1 is 1.15 bits per heavy atom. The lowest BCUT2D eigenvalue weighted by Crippen LogP contribution is -2.21. The number of unbranched alkanes of at least 4 members (excludes halogenated alkanes) is 2. The van der Waals surface area contributed by atoms with Crippen LogP contribution in [0.1, 0.15) is 49.7 Å². The maximum Gasteiger partial charge on any atom is 0.312 e. The molecule has 5 nitrogen and oxygen atoms in total. The van der Waals surface area contributed by atoms with Crippen LogP contribution in [0.15, 0.2) is 36.4 Å². The Kier molecular flexibility index (Phi) is 5.66. The van der Waals surface area contributed by atoms with Crippen LogP contribution in [0.2, 0.25) is 0 Å². The minimum atomic E-state index is -0.313. The van der Waals surface area contributed by atoms with Crippen LogP contribution in [0.3, 0.4) is 0 Å². The summed E-state index contributed by atoms with van der Waals surface area (Å²) in [6, 6.07) is 10.6. The first-order valence-corrected chi connectivity index (χ1v) is 8.96. The van der Waals surface area contributed by atoms with Crippen molar-refractivity contribution in [1.82, 2.24) is 0 Å². The molecular weight excluding hydrogens is 332 g/mol. The van der Waals surface area contributed by atoms with E-state index in [1.54, 1.807) is 19.2 Å². The summed E-state index contributed by atoms with van der Waals surface area (Å²) in [7, 11) is 1.61. The van der Waals surface area contributed by atoms with Gasteiger partial charge in [-0.25, -0.2) is 0 Å². The second-order valence-corrected chi connectivity index (χ2v) is 6.42. The first kappa shape index (κ1) is 18.1. The van der Waals surface area contributed by atoms with Crippen molar-refractivity contribution < 1.29 is 24.1 Å². The number of benzene rings is 2. The average molecular weight is 356 g/mol. The van der Waals surface area contributed by atoms with Crippen molar-refractivity contribution in [2.45, 2.75) is 38.5 Å². The summed E-state index contributed by atoms with van der Waals surface area (Å²) in [5.41, 5.74) is 1.83. The Hall–Kier alpha value is -2.69. The zero-order valence-corrected chi connectivity index (χ0v) is 15.2. The van der Waals surface area contributed by atoms with Crippen molar-refractivity contribution in [2.24, 2.45) is 0 Å². The van der Waals surface area contributed by atoms with E-state index in [2.05, 4.69) is 6.92 Å². The monoisotopic (exact) mass is 356 g/mol. The Morgan fingerprint density at radius 3 is 2.77 bits per heavy atom. The van der Waals surface area contributed by atoms with E-state index in [0.29, 0.717) is 23.9 Å². The topological polar surface area (TPSA) is 65.0 Å². The molecule has 1 aliphatic rings. The third-order valence-corrected chi connectivity index (χ3v) is 4.56. The number of carbonyl (C=O) groups excluding carboxylic acids is 1. The molecule has 0 amide bonds. The van der Waals surface area contributed by atoms with Gasteiger partial charge < -0.3 is 19.3 Å². The van der Waals surface area contributed by atoms with Crippen LogP contribution in [0.4, 0.5) is 0 Å². The highest BCUT2D eigenvalue weighted by Gasteiger charge is 2.29. The van der Waals surface area contributed by atoms with Gasteiger partial charge in [0.15, 0.2) is 11.5 Å². The van der Waals surface area contributed by atoms with Gasteiger partial charge in [-0.05, 0) is 30.2 Å². The molecule has 0 saturated carbocycles. The van der Waals surface area contributed by atoms with E-state index >= 15 is 0 Å². The molecular formula is C21H24O5. The van der Waals surface area contributed by atoms with Gasteiger partial charge in [0.1, 0.15) is 11.5 Å².